The molecule has 6 heteroatoms. The highest BCUT2D eigenvalue weighted by Gasteiger charge is 2.21. The van der Waals surface area contributed by atoms with Gasteiger partial charge in [0.15, 0.2) is 0 Å². The minimum atomic E-state index is -0.457. The molecule has 22 heavy (non-hydrogen) atoms. The lowest BCUT2D eigenvalue weighted by molar-refractivity contribution is -0.131. The van der Waals surface area contributed by atoms with Crippen molar-refractivity contribution in [2.24, 2.45) is 5.41 Å². The van der Waals surface area contributed by atoms with Crippen LogP contribution in [0.2, 0.25) is 0 Å². The van der Waals surface area contributed by atoms with Gasteiger partial charge in [0.1, 0.15) is 0 Å². The molecule has 0 radical (unpaired) electrons. The van der Waals surface area contributed by atoms with Crippen LogP contribution >= 0.6 is 12.4 Å². The topological polar surface area (TPSA) is 70.2 Å². The third-order valence-electron chi connectivity index (χ3n) is 3.83. The summed E-state index contributed by atoms with van der Waals surface area (Å²) in [5.74, 6) is -0.232. The largest absolute Gasteiger partial charge is 0.353 e. The zero-order valence-electron chi connectivity index (χ0n) is 14.2. The number of hydrogen-bond acceptors (Lipinski definition) is 3. The van der Waals surface area contributed by atoms with Gasteiger partial charge in [-0.3, -0.25) is 9.59 Å². The zero-order chi connectivity index (χ0) is 15.7. The average Bonchev–Trinajstić information content (AvgIpc) is 2.68. The predicted octanol–water partition coefficient (Wildman–Crippen LogP) is 2.00. The van der Waals surface area contributed by atoms with Crippen molar-refractivity contribution >= 4 is 24.2 Å². The molecule has 0 bridgehead atoms. The lowest BCUT2D eigenvalue weighted by atomic mass is 9.96. The van der Waals surface area contributed by atoms with Gasteiger partial charge < -0.3 is 16.0 Å². The summed E-state index contributed by atoms with van der Waals surface area (Å²) in [5.41, 5.74) is -0.457. The van der Waals surface area contributed by atoms with Gasteiger partial charge in [-0.15, -0.1) is 12.4 Å². The van der Waals surface area contributed by atoms with E-state index in [4.69, 9.17) is 0 Å². The van der Waals surface area contributed by atoms with E-state index in [-0.39, 0.29) is 30.8 Å². The number of amides is 2. The number of hydrogen-bond donors (Lipinski definition) is 3. The summed E-state index contributed by atoms with van der Waals surface area (Å²) in [4.78, 5) is 23.3. The molecular weight excluding hydrogens is 302 g/mol. The molecule has 0 spiro atoms. The maximum atomic E-state index is 11.6. The molecule has 0 aromatic carbocycles. The SMILES string of the molecule is CC(C)(C)C(=O)NCC(=O)NCCNC1CCCCCC1.Cl. The third kappa shape index (κ3) is 9.26. The van der Waals surface area contributed by atoms with E-state index in [2.05, 4.69) is 16.0 Å². The highest BCUT2D eigenvalue weighted by molar-refractivity contribution is 5.87. The van der Waals surface area contributed by atoms with E-state index in [1.807, 2.05) is 20.8 Å². The molecular formula is C16H32ClN3O2. The molecule has 2 amide bonds. The van der Waals surface area contributed by atoms with Crippen LogP contribution < -0.4 is 16.0 Å². The second-order valence-electron chi connectivity index (χ2n) is 6.93. The summed E-state index contributed by atoms with van der Waals surface area (Å²) in [7, 11) is 0. The van der Waals surface area contributed by atoms with Crippen molar-refractivity contribution in [1.82, 2.24) is 16.0 Å². The first-order valence-corrected chi connectivity index (χ1v) is 8.18. The molecule has 0 heterocycles. The summed E-state index contributed by atoms with van der Waals surface area (Å²) in [6.45, 7) is 6.95. The van der Waals surface area contributed by atoms with E-state index in [1.165, 1.54) is 38.5 Å². The monoisotopic (exact) mass is 333 g/mol. The number of carbonyl (C=O) groups excluding carboxylic acids is 2. The molecule has 3 N–H and O–H groups in total. The van der Waals surface area contributed by atoms with Crippen LogP contribution in [0.5, 0.6) is 0 Å². The molecule has 1 saturated carbocycles. The Balaban J connectivity index is 0.00000441. The van der Waals surface area contributed by atoms with Crippen LogP contribution in [0.25, 0.3) is 0 Å². The van der Waals surface area contributed by atoms with Crippen molar-refractivity contribution in [2.75, 3.05) is 19.6 Å². The Morgan fingerprint density at radius 3 is 2.09 bits per heavy atom. The van der Waals surface area contributed by atoms with Crippen LogP contribution in [0.3, 0.4) is 0 Å². The van der Waals surface area contributed by atoms with Gasteiger partial charge in [-0.1, -0.05) is 46.5 Å². The van der Waals surface area contributed by atoms with Gasteiger partial charge in [-0.25, -0.2) is 0 Å². The Morgan fingerprint density at radius 2 is 1.55 bits per heavy atom. The Bertz CT molecular complexity index is 335. The second-order valence-corrected chi connectivity index (χ2v) is 6.93. The fourth-order valence-electron chi connectivity index (χ4n) is 2.45. The average molecular weight is 334 g/mol. The molecule has 0 unspecified atom stereocenters. The van der Waals surface area contributed by atoms with E-state index >= 15 is 0 Å². The van der Waals surface area contributed by atoms with Gasteiger partial charge in [0.25, 0.3) is 0 Å². The standard InChI is InChI=1S/C16H31N3O2.ClH/c1-16(2,3)15(21)19-12-14(20)18-11-10-17-13-8-6-4-5-7-9-13;/h13,17H,4-12H2,1-3H3,(H,18,20)(H,19,21);1H. The summed E-state index contributed by atoms with van der Waals surface area (Å²) in [6, 6.07) is 0.602. The van der Waals surface area contributed by atoms with Gasteiger partial charge in [0.05, 0.1) is 6.54 Å². The molecule has 1 rings (SSSR count). The van der Waals surface area contributed by atoms with Crippen molar-refractivity contribution in [3.8, 4) is 0 Å². The maximum absolute atomic E-state index is 11.6. The zero-order valence-corrected chi connectivity index (χ0v) is 15.0. The van der Waals surface area contributed by atoms with Crippen LogP contribution in [0, 0.1) is 5.41 Å². The summed E-state index contributed by atoms with van der Waals surface area (Å²) in [5, 5.41) is 8.98. The number of carbonyl (C=O) groups is 2. The maximum Gasteiger partial charge on any atom is 0.239 e. The van der Waals surface area contributed by atoms with Crippen LogP contribution in [0.4, 0.5) is 0 Å². The predicted molar refractivity (Wildman–Crippen MR) is 92.2 cm³/mol. The number of halogens is 1. The van der Waals surface area contributed by atoms with Crippen LogP contribution in [-0.2, 0) is 9.59 Å². The third-order valence-corrected chi connectivity index (χ3v) is 3.83. The van der Waals surface area contributed by atoms with E-state index in [0.717, 1.165) is 6.54 Å². The Kier molecular flexibility index (Phi) is 10.4. The van der Waals surface area contributed by atoms with E-state index in [9.17, 15) is 9.59 Å². The van der Waals surface area contributed by atoms with E-state index in [1.54, 1.807) is 0 Å². The molecule has 0 atom stereocenters. The van der Waals surface area contributed by atoms with Crippen LogP contribution in [0.1, 0.15) is 59.3 Å². The van der Waals surface area contributed by atoms with Gasteiger partial charge in [-0.2, -0.15) is 0 Å². The van der Waals surface area contributed by atoms with Gasteiger partial charge in [0.2, 0.25) is 11.8 Å². The second kappa shape index (κ2) is 10.8. The van der Waals surface area contributed by atoms with Crippen molar-refractivity contribution in [1.29, 1.82) is 0 Å². The van der Waals surface area contributed by atoms with E-state index < -0.39 is 5.41 Å². The Labute approximate surface area is 140 Å². The fraction of sp³-hybridized carbons (Fsp3) is 0.875. The van der Waals surface area contributed by atoms with Gasteiger partial charge in [0, 0.05) is 24.5 Å². The quantitative estimate of drug-likeness (QED) is 0.514. The Hall–Kier alpha value is -0.810. The van der Waals surface area contributed by atoms with Crippen molar-refractivity contribution < 1.29 is 9.59 Å². The smallest absolute Gasteiger partial charge is 0.239 e. The summed E-state index contributed by atoms with van der Waals surface area (Å²) < 4.78 is 0. The highest BCUT2D eigenvalue weighted by Crippen LogP contribution is 2.16. The van der Waals surface area contributed by atoms with Crippen molar-refractivity contribution in [3.05, 3.63) is 0 Å². The number of rotatable bonds is 6. The molecule has 1 aliphatic rings. The summed E-state index contributed by atoms with van der Waals surface area (Å²) in [6.07, 6.45) is 7.81. The first-order chi connectivity index (χ1) is 9.89. The van der Waals surface area contributed by atoms with Gasteiger partial charge in [-0.05, 0) is 12.8 Å². The van der Waals surface area contributed by atoms with Gasteiger partial charge >= 0.3 is 0 Å². The minimum absolute atomic E-state index is 0. The lowest BCUT2D eigenvalue weighted by Crippen LogP contribution is -2.43. The normalized spacial score (nSPS) is 16.3. The summed E-state index contributed by atoms with van der Waals surface area (Å²) >= 11 is 0. The minimum Gasteiger partial charge on any atom is -0.353 e. The molecule has 1 aliphatic carbocycles. The fourth-order valence-corrected chi connectivity index (χ4v) is 2.45. The highest BCUT2D eigenvalue weighted by atomic mass is 35.5. The molecule has 0 aromatic rings. The molecule has 1 fully saturated rings. The van der Waals surface area contributed by atoms with Crippen molar-refractivity contribution in [2.45, 2.75) is 65.3 Å². The van der Waals surface area contributed by atoms with Crippen LogP contribution in [0.15, 0.2) is 0 Å². The van der Waals surface area contributed by atoms with E-state index in [0.29, 0.717) is 12.6 Å². The Morgan fingerprint density at radius 1 is 0.955 bits per heavy atom. The lowest BCUT2D eigenvalue weighted by Gasteiger charge is -2.18. The first-order valence-electron chi connectivity index (χ1n) is 8.18. The molecule has 130 valence electrons. The molecule has 0 aromatic heterocycles. The number of nitrogens with one attached hydrogen (secondary N) is 3. The van der Waals surface area contributed by atoms with Crippen molar-refractivity contribution in [3.63, 3.8) is 0 Å². The molecule has 5 nitrogen and oxygen atoms in total. The molecule has 0 aliphatic heterocycles. The first kappa shape index (κ1) is 21.2. The van der Waals surface area contributed by atoms with Crippen LogP contribution in [-0.4, -0.2) is 37.5 Å². The molecule has 0 saturated heterocycles.